The Balaban J connectivity index is 4.52. The molecule has 16 heavy (non-hydrogen) atoms. The molecule has 0 heterocycles. The number of aliphatic hydroxyl groups is 1. The summed E-state index contributed by atoms with van der Waals surface area (Å²) in [7, 11) is 0. The molecule has 6 heteroatoms. The Hall–Kier alpha value is 1.98. The molecule has 0 rings (SSSR count). The molecule has 0 saturated carbocycles. The molecule has 0 unspecified atom stereocenters. The van der Waals surface area contributed by atoms with Crippen LogP contribution in [0.4, 0.5) is 0 Å². The zero-order valence-electron chi connectivity index (χ0n) is 9.48. The molecule has 0 aliphatic carbocycles. The fourth-order valence-electron chi connectivity index (χ4n) is 1.05. The van der Waals surface area contributed by atoms with Crippen LogP contribution in [0.3, 0.4) is 0 Å². The molecule has 0 aromatic heterocycles. The molecule has 0 aromatic rings. The zero-order valence-corrected chi connectivity index (χ0v) is 15.8. The van der Waals surface area contributed by atoms with Crippen molar-refractivity contribution in [1.82, 2.24) is 0 Å². The van der Waals surface area contributed by atoms with Crippen LogP contribution >= 0.6 is 71.0 Å². The number of halogens is 5. The van der Waals surface area contributed by atoms with Crippen molar-refractivity contribution in [2.24, 2.45) is 0 Å². The third kappa shape index (κ3) is 5.31. The third-order valence-corrected chi connectivity index (χ3v) is 7.33. The van der Waals surface area contributed by atoms with Gasteiger partial charge in [0.15, 0.2) is 0 Å². The first kappa shape index (κ1) is 18.0. The maximum Gasteiger partial charge on any atom is 0.0836 e. The summed E-state index contributed by atoms with van der Waals surface area (Å²) in [5, 5.41) is 10.3. The van der Waals surface area contributed by atoms with Gasteiger partial charge in [0.05, 0.1) is 15.9 Å². The molecular weight excluding hydrogens is 447 g/mol. The van der Waals surface area contributed by atoms with Crippen molar-refractivity contribution in [3.8, 4) is 0 Å². The van der Waals surface area contributed by atoms with E-state index >= 15 is 0 Å². The molecule has 1 N–H and O–H groups in total. The number of aliphatic hydroxyl groups excluding tert-OH is 1. The van der Waals surface area contributed by atoms with E-state index in [0.29, 0.717) is 5.33 Å². The zero-order chi connectivity index (χ0) is 13.1. The standard InChI is InChI=1S/C10H17Br3Cl2O/c1-9(2,14)6(12)4-7(13)10(3,15)8(16)5-11/h6-8,16H,4-5H2,1-3H3/t6-,7+,8-,10-/m1/s1. The van der Waals surface area contributed by atoms with Gasteiger partial charge in [0.2, 0.25) is 0 Å². The van der Waals surface area contributed by atoms with Crippen LogP contribution in [0, 0.1) is 0 Å². The molecule has 4 atom stereocenters. The van der Waals surface area contributed by atoms with Gasteiger partial charge in [-0.1, -0.05) is 47.8 Å². The summed E-state index contributed by atoms with van der Waals surface area (Å²) in [6.07, 6.45) is 0.122. The van der Waals surface area contributed by atoms with Crippen LogP contribution in [-0.2, 0) is 0 Å². The summed E-state index contributed by atoms with van der Waals surface area (Å²) in [4.78, 5) is -0.987. The second kappa shape index (κ2) is 6.95. The van der Waals surface area contributed by atoms with Gasteiger partial charge in [-0.15, -0.1) is 23.2 Å². The van der Waals surface area contributed by atoms with Crippen LogP contribution < -0.4 is 0 Å². The minimum Gasteiger partial charge on any atom is -0.390 e. The van der Waals surface area contributed by atoms with Crippen molar-refractivity contribution in [3.63, 3.8) is 0 Å². The molecule has 0 aromatic carbocycles. The SMILES string of the molecule is CC(C)(Cl)[C@H](Br)C[C@H](Br)[C@@](C)(Cl)[C@H](O)CBr. The third-order valence-electron chi connectivity index (χ3n) is 2.57. The van der Waals surface area contributed by atoms with E-state index in [1.807, 2.05) is 20.8 Å². The smallest absolute Gasteiger partial charge is 0.0836 e. The van der Waals surface area contributed by atoms with Gasteiger partial charge in [0.25, 0.3) is 0 Å². The molecule has 1 nitrogen and oxygen atoms in total. The summed E-state index contributed by atoms with van der Waals surface area (Å²) in [6.45, 7) is 5.71. The molecule has 98 valence electrons. The Kier molecular flexibility index (Phi) is 7.81. The van der Waals surface area contributed by atoms with Crippen LogP contribution in [0.2, 0.25) is 0 Å². The average molecular weight is 464 g/mol. The van der Waals surface area contributed by atoms with E-state index in [1.165, 1.54) is 0 Å². The van der Waals surface area contributed by atoms with E-state index in [9.17, 15) is 5.11 Å². The summed E-state index contributed by atoms with van der Waals surface area (Å²) in [6, 6.07) is 0. The molecule has 0 aliphatic heterocycles. The van der Waals surface area contributed by atoms with Gasteiger partial charge in [-0.2, -0.15) is 0 Å². The lowest BCUT2D eigenvalue weighted by Gasteiger charge is -2.35. The molecule has 0 bridgehead atoms. The molecule has 0 radical (unpaired) electrons. The summed E-state index contributed by atoms with van der Waals surface area (Å²) < 4.78 is 0. The Labute approximate surface area is 133 Å². The van der Waals surface area contributed by atoms with Crippen LogP contribution in [0.5, 0.6) is 0 Å². The predicted octanol–water partition coefficient (Wildman–Crippen LogP) is 4.67. The summed E-state index contributed by atoms with van der Waals surface area (Å²) >= 11 is 22.9. The maximum absolute atomic E-state index is 9.81. The van der Waals surface area contributed by atoms with Crippen molar-refractivity contribution >= 4 is 71.0 Å². The lowest BCUT2D eigenvalue weighted by Crippen LogP contribution is -2.45. The highest BCUT2D eigenvalue weighted by atomic mass is 79.9. The van der Waals surface area contributed by atoms with Crippen molar-refractivity contribution < 1.29 is 5.11 Å². The van der Waals surface area contributed by atoms with Crippen LogP contribution in [0.15, 0.2) is 0 Å². The highest BCUT2D eigenvalue weighted by Crippen LogP contribution is 2.38. The first-order valence-electron chi connectivity index (χ1n) is 4.93. The Morgan fingerprint density at radius 3 is 1.88 bits per heavy atom. The highest BCUT2D eigenvalue weighted by molar-refractivity contribution is 9.10. The lowest BCUT2D eigenvalue weighted by molar-refractivity contribution is 0.153. The van der Waals surface area contributed by atoms with Gasteiger partial charge in [0.1, 0.15) is 0 Å². The predicted molar refractivity (Wildman–Crippen MR) is 84.0 cm³/mol. The van der Waals surface area contributed by atoms with Gasteiger partial charge in [-0.05, 0) is 27.2 Å². The summed E-state index contributed by atoms with van der Waals surface area (Å²) in [5.74, 6) is 0. The first-order valence-corrected chi connectivity index (χ1v) is 8.64. The normalized spacial score (nSPS) is 22.3. The fraction of sp³-hybridized carbons (Fsp3) is 1.00. The van der Waals surface area contributed by atoms with E-state index in [2.05, 4.69) is 47.8 Å². The topological polar surface area (TPSA) is 20.2 Å². The molecule has 0 spiro atoms. The molecule has 0 saturated heterocycles. The van der Waals surface area contributed by atoms with E-state index in [1.54, 1.807) is 0 Å². The van der Waals surface area contributed by atoms with Gasteiger partial charge in [-0.3, -0.25) is 0 Å². The van der Waals surface area contributed by atoms with Crippen molar-refractivity contribution in [3.05, 3.63) is 0 Å². The number of alkyl halides is 5. The molecule has 0 amide bonds. The van der Waals surface area contributed by atoms with Crippen LogP contribution in [0.1, 0.15) is 27.2 Å². The first-order chi connectivity index (χ1) is 7.03. The van der Waals surface area contributed by atoms with E-state index in [-0.39, 0.29) is 14.5 Å². The van der Waals surface area contributed by atoms with E-state index < -0.39 is 11.0 Å². The Bertz CT molecular complexity index is 219. The highest BCUT2D eigenvalue weighted by Gasteiger charge is 2.40. The largest absolute Gasteiger partial charge is 0.390 e. The second-order valence-electron chi connectivity index (χ2n) is 4.56. The van der Waals surface area contributed by atoms with Crippen LogP contribution in [0.25, 0.3) is 0 Å². The minimum atomic E-state index is -0.725. The number of hydrogen-bond donors (Lipinski definition) is 1. The number of hydrogen-bond acceptors (Lipinski definition) is 1. The van der Waals surface area contributed by atoms with Crippen molar-refractivity contribution in [2.45, 2.75) is 52.7 Å². The van der Waals surface area contributed by atoms with Gasteiger partial charge >= 0.3 is 0 Å². The van der Waals surface area contributed by atoms with E-state index in [0.717, 1.165) is 6.42 Å². The molecule has 0 fully saturated rings. The van der Waals surface area contributed by atoms with Gasteiger partial charge < -0.3 is 5.11 Å². The quantitative estimate of drug-likeness (QED) is 0.567. The number of rotatable bonds is 6. The molecule has 0 aliphatic rings. The Morgan fingerprint density at radius 2 is 1.56 bits per heavy atom. The van der Waals surface area contributed by atoms with Gasteiger partial charge in [0, 0.05) is 15.0 Å². The summed E-state index contributed by atoms with van der Waals surface area (Å²) in [5.41, 5.74) is 0. The van der Waals surface area contributed by atoms with Crippen molar-refractivity contribution in [1.29, 1.82) is 0 Å². The van der Waals surface area contributed by atoms with Gasteiger partial charge in [-0.25, -0.2) is 0 Å². The second-order valence-corrected chi connectivity index (χ2v) is 9.20. The maximum atomic E-state index is 9.81. The fourth-order valence-corrected chi connectivity index (χ4v) is 3.72. The monoisotopic (exact) mass is 460 g/mol. The molecular formula is C10H17Br3Cl2O. The van der Waals surface area contributed by atoms with E-state index in [4.69, 9.17) is 23.2 Å². The van der Waals surface area contributed by atoms with Crippen molar-refractivity contribution in [2.75, 3.05) is 5.33 Å². The van der Waals surface area contributed by atoms with Crippen LogP contribution in [-0.4, -0.2) is 35.9 Å². The average Bonchev–Trinajstić information content (AvgIpc) is 2.14. The minimum absolute atomic E-state index is 0.0309. The Morgan fingerprint density at radius 1 is 1.12 bits per heavy atom. The lowest BCUT2D eigenvalue weighted by atomic mass is 9.95.